The summed E-state index contributed by atoms with van der Waals surface area (Å²) in [4.78, 5) is 32.2. The van der Waals surface area contributed by atoms with E-state index in [0.29, 0.717) is 49.7 Å². The molecule has 1 saturated heterocycles. The topological polar surface area (TPSA) is 72.0 Å². The van der Waals surface area contributed by atoms with Gasteiger partial charge in [0.2, 0.25) is 5.91 Å². The molecule has 0 saturated carbocycles. The lowest BCUT2D eigenvalue weighted by Gasteiger charge is -2.35. The maximum absolute atomic E-state index is 12.5. The van der Waals surface area contributed by atoms with Gasteiger partial charge in [0.25, 0.3) is 0 Å². The van der Waals surface area contributed by atoms with E-state index in [1.807, 2.05) is 4.90 Å². The van der Waals surface area contributed by atoms with Gasteiger partial charge in [0.1, 0.15) is 11.6 Å². The number of piperazine rings is 1. The molecular formula is C22H23F2N3O4. The summed E-state index contributed by atoms with van der Waals surface area (Å²) < 4.78 is 34.4. The first-order chi connectivity index (χ1) is 15.0. The second-order valence-electron chi connectivity index (χ2n) is 6.69. The molecule has 2 aromatic rings. The maximum Gasteiger partial charge on any atom is 0.387 e. The zero-order valence-corrected chi connectivity index (χ0v) is 17.0. The molecule has 9 heteroatoms. The fraction of sp³-hybridized carbons (Fsp3) is 0.318. The van der Waals surface area contributed by atoms with Crippen molar-refractivity contribution in [1.29, 1.82) is 0 Å². The molecule has 164 valence electrons. The molecule has 0 atom stereocenters. The number of para-hydroxylation sites is 1. The number of benzene rings is 1. The van der Waals surface area contributed by atoms with Crippen molar-refractivity contribution in [1.82, 2.24) is 9.88 Å². The zero-order valence-electron chi connectivity index (χ0n) is 17.0. The lowest BCUT2D eigenvalue weighted by molar-refractivity contribution is -0.126. The van der Waals surface area contributed by atoms with Crippen LogP contribution in [0.15, 0.2) is 48.7 Å². The number of anilines is 1. The predicted molar refractivity (Wildman–Crippen MR) is 111 cm³/mol. The van der Waals surface area contributed by atoms with E-state index in [0.717, 1.165) is 0 Å². The molecular weight excluding hydrogens is 408 g/mol. The van der Waals surface area contributed by atoms with Gasteiger partial charge in [-0.1, -0.05) is 18.2 Å². The third-order valence-electron chi connectivity index (χ3n) is 4.71. The lowest BCUT2D eigenvalue weighted by Crippen LogP contribution is -2.48. The minimum absolute atomic E-state index is 0.0173. The molecule has 3 rings (SSSR count). The van der Waals surface area contributed by atoms with E-state index in [1.54, 1.807) is 42.2 Å². The van der Waals surface area contributed by atoms with Gasteiger partial charge in [0, 0.05) is 44.0 Å². The second-order valence-corrected chi connectivity index (χ2v) is 6.69. The fourth-order valence-electron chi connectivity index (χ4n) is 3.15. The van der Waals surface area contributed by atoms with Crippen molar-refractivity contribution in [2.45, 2.75) is 13.5 Å². The molecule has 1 aliphatic heterocycles. The molecule has 31 heavy (non-hydrogen) atoms. The summed E-state index contributed by atoms with van der Waals surface area (Å²) in [5.41, 5.74) is 0.793. The molecule has 1 amide bonds. The summed E-state index contributed by atoms with van der Waals surface area (Å²) >= 11 is 0. The first kappa shape index (κ1) is 22.2. The first-order valence-electron chi connectivity index (χ1n) is 9.87. The highest BCUT2D eigenvalue weighted by atomic mass is 19.3. The quantitative estimate of drug-likeness (QED) is 0.495. The van der Waals surface area contributed by atoms with Gasteiger partial charge >= 0.3 is 12.6 Å². The summed E-state index contributed by atoms with van der Waals surface area (Å²) in [6.45, 7) is 1.24. The molecule has 2 heterocycles. The molecule has 0 bridgehead atoms. The number of aromatic nitrogens is 1. The Hall–Kier alpha value is -3.49. The van der Waals surface area contributed by atoms with E-state index in [9.17, 15) is 18.4 Å². The Morgan fingerprint density at radius 1 is 1.13 bits per heavy atom. The Kier molecular flexibility index (Phi) is 7.53. The van der Waals surface area contributed by atoms with Crippen molar-refractivity contribution >= 4 is 23.8 Å². The molecule has 1 fully saturated rings. The summed E-state index contributed by atoms with van der Waals surface area (Å²) in [5.74, 6) is 0.110. The number of pyridine rings is 1. The van der Waals surface area contributed by atoms with Crippen LogP contribution in [0, 0.1) is 0 Å². The van der Waals surface area contributed by atoms with Crippen molar-refractivity contribution in [2.75, 3.05) is 37.7 Å². The van der Waals surface area contributed by atoms with Crippen LogP contribution in [0.1, 0.15) is 22.8 Å². The van der Waals surface area contributed by atoms with Crippen molar-refractivity contribution in [3.05, 3.63) is 59.8 Å². The van der Waals surface area contributed by atoms with Crippen LogP contribution in [0.25, 0.3) is 6.08 Å². The van der Waals surface area contributed by atoms with Crippen LogP contribution in [-0.2, 0) is 9.53 Å². The normalized spacial score (nSPS) is 14.2. The van der Waals surface area contributed by atoms with Gasteiger partial charge in [-0.2, -0.15) is 8.78 Å². The first-order valence-corrected chi connectivity index (χ1v) is 9.87. The molecule has 0 aliphatic carbocycles. The number of hydrogen-bond donors (Lipinski definition) is 0. The summed E-state index contributed by atoms with van der Waals surface area (Å²) in [6, 6.07) is 9.72. The third-order valence-corrected chi connectivity index (χ3v) is 4.71. The molecule has 1 aliphatic rings. The highest BCUT2D eigenvalue weighted by molar-refractivity contribution is 5.92. The van der Waals surface area contributed by atoms with E-state index in [-0.39, 0.29) is 11.7 Å². The van der Waals surface area contributed by atoms with Crippen LogP contribution < -0.4 is 9.64 Å². The SMILES string of the molecule is CCOC(=O)c1ccc(N2CCN(C(=O)/C=C/c3ccccc3OC(F)F)CC2)nc1. The van der Waals surface area contributed by atoms with Crippen molar-refractivity contribution in [3.8, 4) is 5.75 Å². The Balaban J connectivity index is 1.55. The van der Waals surface area contributed by atoms with E-state index in [4.69, 9.17) is 4.74 Å². The van der Waals surface area contributed by atoms with Crippen molar-refractivity contribution in [3.63, 3.8) is 0 Å². The number of carbonyl (C=O) groups is 2. The number of ether oxygens (including phenoxy) is 2. The molecule has 0 unspecified atom stereocenters. The van der Waals surface area contributed by atoms with E-state index in [2.05, 4.69) is 9.72 Å². The second kappa shape index (κ2) is 10.5. The Labute approximate surface area is 178 Å². The van der Waals surface area contributed by atoms with Gasteiger partial charge in [-0.05, 0) is 31.2 Å². The zero-order chi connectivity index (χ0) is 22.2. The smallest absolute Gasteiger partial charge is 0.387 e. The summed E-state index contributed by atoms with van der Waals surface area (Å²) in [5, 5.41) is 0. The van der Waals surface area contributed by atoms with Gasteiger partial charge in [0.05, 0.1) is 12.2 Å². The third kappa shape index (κ3) is 6.00. The Morgan fingerprint density at radius 3 is 2.52 bits per heavy atom. The minimum atomic E-state index is -2.93. The van der Waals surface area contributed by atoms with Gasteiger partial charge < -0.3 is 19.3 Å². The van der Waals surface area contributed by atoms with Crippen LogP contribution in [0.5, 0.6) is 5.75 Å². The van der Waals surface area contributed by atoms with Crippen LogP contribution >= 0.6 is 0 Å². The van der Waals surface area contributed by atoms with E-state index < -0.39 is 12.6 Å². The van der Waals surface area contributed by atoms with Crippen LogP contribution in [-0.4, -0.2) is 61.2 Å². The monoisotopic (exact) mass is 431 g/mol. The van der Waals surface area contributed by atoms with Gasteiger partial charge in [0.15, 0.2) is 0 Å². The standard InChI is InChI=1S/C22H23F2N3O4/c1-2-30-21(29)17-7-9-19(25-15-17)26-11-13-27(14-12-26)20(28)10-8-16-5-3-4-6-18(16)31-22(23)24/h3-10,15,22H,2,11-14H2,1H3/b10-8+. The van der Waals surface area contributed by atoms with Crippen LogP contribution in [0.3, 0.4) is 0 Å². The maximum atomic E-state index is 12.5. The predicted octanol–water partition coefficient (Wildman–Crippen LogP) is 3.22. The van der Waals surface area contributed by atoms with Crippen molar-refractivity contribution in [2.24, 2.45) is 0 Å². The highest BCUT2D eigenvalue weighted by Gasteiger charge is 2.21. The largest absolute Gasteiger partial charge is 0.462 e. The molecule has 0 N–H and O–H groups in total. The number of hydrogen-bond acceptors (Lipinski definition) is 6. The minimum Gasteiger partial charge on any atom is -0.462 e. The average molecular weight is 431 g/mol. The number of amides is 1. The number of carbonyl (C=O) groups excluding carboxylic acids is 2. The van der Waals surface area contributed by atoms with Crippen molar-refractivity contribution < 1.29 is 27.8 Å². The van der Waals surface area contributed by atoms with Crippen LogP contribution in [0.2, 0.25) is 0 Å². The molecule has 7 nitrogen and oxygen atoms in total. The van der Waals surface area contributed by atoms with Gasteiger partial charge in [-0.15, -0.1) is 0 Å². The number of esters is 1. The Bertz CT molecular complexity index is 927. The number of alkyl halides is 2. The number of rotatable bonds is 7. The molecule has 0 radical (unpaired) electrons. The number of halogens is 2. The molecule has 0 spiro atoms. The average Bonchev–Trinajstić information content (AvgIpc) is 2.78. The van der Waals surface area contributed by atoms with Gasteiger partial charge in [-0.3, -0.25) is 4.79 Å². The van der Waals surface area contributed by atoms with Gasteiger partial charge in [-0.25, -0.2) is 9.78 Å². The van der Waals surface area contributed by atoms with Crippen LogP contribution in [0.4, 0.5) is 14.6 Å². The van der Waals surface area contributed by atoms with E-state index >= 15 is 0 Å². The van der Waals surface area contributed by atoms with E-state index in [1.165, 1.54) is 24.4 Å². The molecule has 1 aromatic heterocycles. The summed E-state index contributed by atoms with van der Waals surface area (Å²) in [6.07, 6.45) is 4.31. The Morgan fingerprint density at radius 2 is 1.87 bits per heavy atom. The fourth-order valence-corrected chi connectivity index (χ4v) is 3.15. The highest BCUT2D eigenvalue weighted by Crippen LogP contribution is 2.22. The number of nitrogens with zero attached hydrogens (tertiary/aromatic N) is 3. The lowest BCUT2D eigenvalue weighted by atomic mass is 10.2. The summed E-state index contributed by atoms with van der Waals surface area (Å²) in [7, 11) is 0. The molecule has 1 aromatic carbocycles.